The summed E-state index contributed by atoms with van der Waals surface area (Å²) in [5, 5.41) is 11.1. The first kappa shape index (κ1) is 23.2. The number of aromatic nitrogens is 2. The van der Waals surface area contributed by atoms with E-state index in [-0.39, 0.29) is 24.0 Å². The van der Waals surface area contributed by atoms with Crippen LogP contribution in [0, 0.1) is 5.82 Å². The first-order chi connectivity index (χ1) is 16.3. The lowest BCUT2D eigenvalue weighted by Crippen LogP contribution is -2.31. The zero-order valence-corrected chi connectivity index (χ0v) is 19.0. The number of likely N-dealkylation sites (tertiary alicyclic amines) is 1. The lowest BCUT2D eigenvalue weighted by Gasteiger charge is -2.25. The fourth-order valence-electron chi connectivity index (χ4n) is 4.06. The maximum absolute atomic E-state index is 13.6. The third-order valence-electron chi connectivity index (χ3n) is 5.60. The molecule has 0 spiro atoms. The van der Waals surface area contributed by atoms with E-state index in [0.29, 0.717) is 29.8 Å². The average Bonchev–Trinajstić information content (AvgIpc) is 3.42. The van der Waals surface area contributed by atoms with Crippen molar-refractivity contribution in [3.8, 4) is 5.75 Å². The number of nitrogens with zero attached hydrogens (tertiary/aromatic N) is 3. The molecule has 3 aromatic rings. The molecular formula is C26H26FN3O4. The normalized spacial score (nSPS) is 17.5. The Morgan fingerprint density at radius 3 is 2.41 bits per heavy atom. The van der Waals surface area contributed by atoms with E-state index in [1.54, 1.807) is 36.8 Å². The molecule has 7 nitrogen and oxygen atoms in total. The Labute approximate surface area is 197 Å². The van der Waals surface area contributed by atoms with Crippen LogP contribution in [0.25, 0.3) is 5.76 Å². The number of hydrogen-bond acceptors (Lipinski definition) is 5. The van der Waals surface area contributed by atoms with Crippen LogP contribution in [0.2, 0.25) is 0 Å². The number of aryl methyl sites for hydroxylation is 1. The third kappa shape index (κ3) is 4.85. The molecule has 34 heavy (non-hydrogen) atoms. The average molecular weight is 464 g/mol. The largest absolute Gasteiger partial charge is 0.507 e. The number of imidazole rings is 1. The van der Waals surface area contributed by atoms with Crippen molar-refractivity contribution >= 4 is 17.4 Å². The number of Topliss-reactive ketones (excluding diaryl/α,β-unsaturated/α-hetero) is 1. The molecular weight excluding hydrogens is 437 g/mol. The van der Waals surface area contributed by atoms with Gasteiger partial charge in [-0.05, 0) is 62.2 Å². The Hall–Kier alpha value is -3.94. The number of benzene rings is 2. The van der Waals surface area contributed by atoms with Gasteiger partial charge in [0.1, 0.15) is 17.3 Å². The molecule has 1 fully saturated rings. The van der Waals surface area contributed by atoms with E-state index in [9.17, 15) is 19.1 Å². The zero-order valence-electron chi connectivity index (χ0n) is 19.0. The highest BCUT2D eigenvalue weighted by Gasteiger charge is 2.45. The summed E-state index contributed by atoms with van der Waals surface area (Å²) in [5.74, 6) is -1.54. The van der Waals surface area contributed by atoms with Crippen LogP contribution in [0.1, 0.15) is 37.4 Å². The fraction of sp³-hybridized carbons (Fsp3) is 0.269. The molecule has 4 rings (SSSR count). The van der Waals surface area contributed by atoms with Crippen molar-refractivity contribution in [2.45, 2.75) is 39.0 Å². The van der Waals surface area contributed by atoms with Crippen molar-refractivity contribution in [3.63, 3.8) is 0 Å². The summed E-state index contributed by atoms with van der Waals surface area (Å²) in [6.07, 6.45) is 5.73. The Morgan fingerprint density at radius 2 is 1.79 bits per heavy atom. The van der Waals surface area contributed by atoms with Crippen molar-refractivity contribution in [1.29, 1.82) is 0 Å². The number of amides is 1. The number of carbonyl (C=O) groups excluding carboxylic acids is 2. The number of carbonyl (C=O) groups is 2. The van der Waals surface area contributed by atoms with Gasteiger partial charge in [-0.25, -0.2) is 9.37 Å². The van der Waals surface area contributed by atoms with Gasteiger partial charge in [0.2, 0.25) is 0 Å². The molecule has 0 aliphatic carbocycles. The lowest BCUT2D eigenvalue weighted by molar-refractivity contribution is -0.139. The number of ether oxygens (including phenoxy) is 1. The number of halogens is 1. The van der Waals surface area contributed by atoms with Crippen LogP contribution in [0.5, 0.6) is 5.75 Å². The minimum absolute atomic E-state index is 0.00873. The number of ketones is 1. The molecule has 8 heteroatoms. The molecule has 1 saturated heterocycles. The Balaban J connectivity index is 1.69. The first-order valence-corrected chi connectivity index (χ1v) is 11.1. The van der Waals surface area contributed by atoms with Crippen LogP contribution >= 0.6 is 0 Å². The molecule has 1 amide bonds. The SMILES string of the molecule is CC(C)Oc1ccc(/C(O)=C2\C(=O)C(=O)N(CCCn3ccnc3)C2c2ccc(F)cc2)cc1. The van der Waals surface area contributed by atoms with Crippen LogP contribution in [0.4, 0.5) is 4.39 Å². The summed E-state index contributed by atoms with van der Waals surface area (Å²) in [4.78, 5) is 31.5. The monoisotopic (exact) mass is 463 g/mol. The van der Waals surface area contributed by atoms with E-state index in [1.165, 1.54) is 29.2 Å². The highest BCUT2D eigenvalue weighted by Crippen LogP contribution is 2.39. The summed E-state index contributed by atoms with van der Waals surface area (Å²) in [6, 6.07) is 11.5. The van der Waals surface area contributed by atoms with Gasteiger partial charge in [-0.1, -0.05) is 12.1 Å². The van der Waals surface area contributed by atoms with Gasteiger partial charge in [0.25, 0.3) is 11.7 Å². The van der Waals surface area contributed by atoms with Gasteiger partial charge in [0.15, 0.2) is 0 Å². The highest BCUT2D eigenvalue weighted by atomic mass is 19.1. The van der Waals surface area contributed by atoms with E-state index in [1.807, 2.05) is 24.6 Å². The molecule has 176 valence electrons. The van der Waals surface area contributed by atoms with Crippen LogP contribution < -0.4 is 4.74 Å². The maximum atomic E-state index is 13.6. The number of aliphatic hydroxyl groups is 1. The van der Waals surface area contributed by atoms with E-state index >= 15 is 0 Å². The first-order valence-electron chi connectivity index (χ1n) is 11.1. The highest BCUT2D eigenvalue weighted by molar-refractivity contribution is 6.46. The van der Waals surface area contributed by atoms with Crippen molar-refractivity contribution in [1.82, 2.24) is 14.5 Å². The second kappa shape index (κ2) is 9.91. The van der Waals surface area contributed by atoms with Gasteiger partial charge in [0, 0.05) is 31.0 Å². The standard InChI is InChI=1S/C26H26FN3O4/c1-17(2)34-21-10-6-19(7-11-21)24(31)22-23(18-4-8-20(27)9-5-18)30(26(33)25(22)32)14-3-13-29-15-12-28-16-29/h4-12,15-17,23,31H,3,13-14H2,1-2H3/b24-22+. The zero-order chi connectivity index (χ0) is 24.2. The van der Waals surface area contributed by atoms with Crippen LogP contribution in [-0.4, -0.2) is 43.9 Å². The summed E-state index contributed by atoms with van der Waals surface area (Å²) < 4.78 is 21.1. The Morgan fingerprint density at radius 1 is 1.09 bits per heavy atom. The van der Waals surface area contributed by atoms with Gasteiger partial charge in [-0.15, -0.1) is 0 Å². The van der Waals surface area contributed by atoms with E-state index in [4.69, 9.17) is 4.74 Å². The van der Waals surface area contributed by atoms with Crippen LogP contribution in [0.3, 0.4) is 0 Å². The molecule has 1 unspecified atom stereocenters. The van der Waals surface area contributed by atoms with Crippen molar-refractivity contribution in [2.75, 3.05) is 6.54 Å². The predicted octanol–water partition coefficient (Wildman–Crippen LogP) is 4.32. The van der Waals surface area contributed by atoms with Gasteiger partial charge < -0.3 is 19.3 Å². The van der Waals surface area contributed by atoms with Gasteiger partial charge in [-0.2, -0.15) is 0 Å². The topological polar surface area (TPSA) is 84.7 Å². The minimum Gasteiger partial charge on any atom is -0.507 e. The molecule has 2 aromatic carbocycles. The van der Waals surface area contributed by atoms with Gasteiger partial charge in [0.05, 0.1) is 24.0 Å². The molecule has 2 heterocycles. The quantitative estimate of drug-likeness (QED) is 0.306. The molecule has 1 atom stereocenters. The second-order valence-electron chi connectivity index (χ2n) is 8.39. The number of hydrogen-bond donors (Lipinski definition) is 1. The van der Waals surface area contributed by atoms with E-state index in [2.05, 4.69) is 4.98 Å². The van der Waals surface area contributed by atoms with Gasteiger partial charge in [-0.3, -0.25) is 9.59 Å². The molecule has 1 aromatic heterocycles. The minimum atomic E-state index is -0.824. The van der Waals surface area contributed by atoms with Crippen molar-refractivity contribution in [3.05, 3.63) is 89.8 Å². The second-order valence-corrected chi connectivity index (χ2v) is 8.39. The molecule has 0 saturated carbocycles. The molecule has 1 aliphatic rings. The van der Waals surface area contributed by atoms with E-state index in [0.717, 1.165) is 0 Å². The lowest BCUT2D eigenvalue weighted by atomic mass is 9.95. The summed E-state index contributed by atoms with van der Waals surface area (Å²) in [6.45, 7) is 4.70. The van der Waals surface area contributed by atoms with E-state index < -0.39 is 23.5 Å². The fourth-order valence-corrected chi connectivity index (χ4v) is 4.06. The van der Waals surface area contributed by atoms with Crippen LogP contribution in [0.15, 0.2) is 72.8 Å². The molecule has 0 radical (unpaired) electrons. The predicted molar refractivity (Wildman–Crippen MR) is 124 cm³/mol. The summed E-state index contributed by atoms with van der Waals surface area (Å²) >= 11 is 0. The van der Waals surface area contributed by atoms with Gasteiger partial charge >= 0.3 is 0 Å². The summed E-state index contributed by atoms with van der Waals surface area (Å²) in [5.41, 5.74) is 0.918. The third-order valence-corrected chi connectivity index (χ3v) is 5.60. The van der Waals surface area contributed by atoms with Crippen LogP contribution in [-0.2, 0) is 16.1 Å². The van der Waals surface area contributed by atoms with Crippen molar-refractivity contribution < 1.29 is 23.8 Å². The number of rotatable bonds is 8. The molecule has 0 bridgehead atoms. The number of aliphatic hydroxyl groups excluding tert-OH is 1. The molecule has 1 aliphatic heterocycles. The summed E-state index contributed by atoms with van der Waals surface area (Å²) in [7, 11) is 0. The van der Waals surface area contributed by atoms with Crippen molar-refractivity contribution in [2.24, 2.45) is 0 Å². The maximum Gasteiger partial charge on any atom is 0.295 e. The molecule has 1 N–H and O–H groups in total. The Kier molecular flexibility index (Phi) is 6.77. The smallest absolute Gasteiger partial charge is 0.295 e. The Bertz CT molecular complexity index is 1190.